The summed E-state index contributed by atoms with van der Waals surface area (Å²) >= 11 is 0. The van der Waals surface area contributed by atoms with E-state index in [0.717, 1.165) is 43.1 Å². The van der Waals surface area contributed by atoms with Crippen LogP contribution in [0.4, 0.5) is 4.79 Å². The summed E-state index contributed by atoms with van der Waals surface area (Å²) in [7, 11) is 0. The Kier molecular flexibility index (Phi) is 5.97. The van der Waals surface area contributed by atoms with E-state index in [1.165, 1.54) is 5.56 Å². The van der Waals surface area contributed by atoms with Crippen LogP contribution in [0.3, 0.4) is 0 Å². The van der Waals surface area contributed by atoms with Crippen LogP contribution in [0.25, 0.3) is 0 Å². The minimum absolute atomic E-state index is 0.204. The van der Waals surface area contributed by atoms with E-state index in [-0.39, 0.29) is 12.1 Å². The molecule has 0 spiro atoms. The third kappa shape index (κ3) is 4.75. The molecule has 2 aliphatic heterocycles. The Morgan fingerprint density at radius 2 is 2.11 bits per heavy atom. The van der Waals surface area contributed by atoms with Gasteiger partial charge in [0.05, 0.1) is 13.2 Å². The molecule has 1 N–H and O–H groups in total. The van der Waals surface area contributed by atoms with Gasteiger partial charge in [-0.2, -0.15) is 0 Å². The van der Waals surface area contributed by atoms with Gasteiger partial charge in [0.15, 0.2) is 0 Å². The number of carbonyl (C=O) groups is 1. The van der Waals surface area contributed by atoms with Crippen LogP contribution in [0.5, 0.6) is 11.5 Å². The zero-order chi connectivity index (χ0) is 19.2. The standard InChI is InChI=1S/C22H26N2O4/c25-22(28-16-17-4-2-1-3-5-17)24-11-10-23-19(15-24)9-13-26-20-6-7-21-18(14-20)8-12-27-21/h1-7,14,19,23H,8-13,15-16H2/t19-/m1/s1. The van der Waals surface area contributed by atoms with Gasteiger partial charge in [0.1, 0.15) is 18.1 Å². The predicted octanol–water partition coefficient (Wildman–Crippen LogP) is 3.00. The fourth-order valence-corrected chi connectivity index (χ4v) is 3.57. The van der Waals surface area contributed by atoms with Crippen LogP contribution >= 0.6 is 0 Å². The van der Waals surface area contributed by atoms with Crippen molar-refractivity contribution in [1.82, 2.24) is 10.2 Å². The van der Waals surface area contributed by atoms with Crippen molar-refractivity contribution in [3.63, 3.8) is 0 Å². The predicted molar refractivity (Wildman–Crippen MR) is 106 cm³/mol. The maximum Gasteiger partial charge on any atom is 0.410 e. The van der Waals surface area contributed by atoms with E-state index in [1.54, 1.807) is 4.90 Å². The van der Waals surface area contributed by atoms with Crippen LogP contribution in [-0.4, -0.2) is 49.9 Å². The van der Waals surface area contributed by atoms with Crippen molar-refractivity contribution in [3.8, 4) is 11.5 Å². The zero-order valence-electron chi connectivity index (χ0n) is 15.9. The van der Waals surface area contributed by atoms with Crippen LogP contribution < -0.4 is 14.8 Å². The summed E-state index contributed by atoms with van der Waals surface area (Å²) in [6.45, 7) is 3.72. The second kappa shape index (κ2) is 8.97. The van der Waals surface area contributed by atoms with Crippen molar-refractivity contribution in [1.29, 1.82) is 0 Å². The van der Waals surface area contributed by atoms with Gasteiger partial charge in [-0.25, -0.2) is 4.79 Å². The van der Waals surface area contributed by atoms with Crippen molar-refractivity contribution in [2.75, 3.05) is 32.8 Å². The lowest BCUT2D eigenvalue weighted by Gasteiger charge is -2.33. The first kappa shape index (κ1) is 18.6. The van der Waals surface area contributed by atoms with E-state index in [9.17, 15) is 4.79 Å². The minimum Gasteiger partial charge on any atom is -0.494 e. The average molecular weight is 382 g/mol. The summed E-state index contributed by atoms with van der Waals surface area (Å²) in [5.41, 5.74) is 2.20. The van der Waals surface area contributed by atoms with Gasteiger partial charge in [-0.15, -0.1) is 0 Å². The Morgan fingerprint density at radius 1 is 1.21 bits per heavy atom. The molecule has 28 heavy (non-hydrogen) atoms. The molecule has 2 aromatic carbocycles. The summed E-state index contributed by atoms with van der Waals surface area (Å²) in [6.07, 6.45) is 1.52. The highest BCUT2D eigenvalue weighted by atomic mass is 16.6. The van der Waals surface area contributed by atoms with Crippen LogP contribution in [0.1, 0.15) is 17.5 Å². The molecular formula is C22H26N2O4. The number of amides is 1. The molecule has 6 nitrogen and oxygen atoms in total. The van der Waals surface area contributed by atoms with Gasteiger partial charge in [-0.1, -0.05) is 30.3 Å². The third-order valence-electron chi connectivity index (χ3n) is 5.11. The molecule has 1 atom stereocenters. The highest BCUT2D eigenvalue weighted by molar-refractivity contribution is 5.67. The first-order valence-electron chi connectivity index (χ1n) is 9.85. The van der Waals surface area contributed by atoms with E-state index in [1.807, 2.05) is 42.5 Å². The number of hydrogen-bond donors (Lipinski definition) is 1. The molecule has 2 aliphatic rings. The zero-order valence-corrected chi connectivity index (χ0v) is 15.9. The molecule has 0 aliphatic carbocycles. The summed E-state index contributed by atoms with van der Waals surface area (Å²) < 4.78 is 16.9. The van der Waals surface area contributed by atoms with E-state index in [2.05, 4.69) is 11.4 Å². The maximum absolute atomic E-state index is 12.4. The first-order valence-corrected chi connectivity index (χ1v) is 9.85. The van der Waals surface area contributed by atoms with E-state index in [4.69, 9.17) is 14.2 Å². The molecule has 0 bridgehead atoms. The largest absolute Gasteiger partial charge is 0.494 e. The summed E-state index contributed by atoms with van der Waals surface area (Å²) in [6, 6.07) is 15.9. The van der Waals surface area contributed by atoms with Gasteiger partial charge in [0, 0.05) is 37.7 Å². The molecule has 0 unspecified atom stereocenters. The van der Waals surface area contributed by atoms with Gasteiger partial charge < -0.3 is 24.4 Å². The molecule has 0 saturated carbocycles. The summed E-state index contributed by atoms with van der Waals surface area (Å²) in [5, 5.41) is 3.46. The number of rotatable bonds is 6. The molecule has 4 rings (SSSR count). The number of ether oxygens (including phenoxy) is 3. The van der Waals surface area contributed by atoms with E-state index in [0.29, 0.717) is 26.3 Å². The number of benzene rings is 2. The Bertz CT molecular complexity index is 796. The van der Waals surface area contributed by atoms with Gasteiger partial charge in [-0.3, -0.25) is 0 Å². The van der Waals surface area contributed by atoms with Crippen LogP contribution in [0, 0.1) is 0 Å². The van der Waals surface area contributed by atoms with Crippen molar-refractivity contribution < 1.29 is 19.0 Å². The van der Waals surface area contributed by atoms with E-state index >= 15 is 0 Å². The summed E-state index contributed by atoms with van der Waals surface area (Å²) in [5.74, 6) is 1.84. The fourth-order valence-electron chi connectivity index (χ4n) is 3.57. The highest BCUT2D eigenvalue weighted by Gasteiger charge is 2.24. The number of nitrogens with one attached hydrogen (secondary N) is 1. The van der Waals surface area contributed by atoms with Gasteiger partial charge in [-0.05, 0) is 30.2 Å². The van der Waals surface area contributed by atoms with E-state index < -0.39 is 0 Å². The SMILES string of the molecule is O=C(OCc1ccccc1)N1CCN[C@H](CCOc2ccc3c(c2)CCO3)C1. The van der Waals surface area contributed by atoms with Crippen LogP contribution in [0.2, 0.25) is 0 Å². The Labute approximate surface area is 165 Å². The third-order valence-corrected chi connectivity index (χ3v) is 5.11. The first-order chi connectivity index (χ1) is 13.8. The molecule has 1 amide bonds. The molecule has 148 valence electrons. The number of nitrogens with zero attached hydrogens (tertiary/aromatic N) is 1. The van der Waals surface area contributed by atoms with Gasteiger partial charge in [0.2, 0.25) is 0 Å². The Hall–Kier alpha value is -2.73. The lowest BCUT2D eigenvalue weighted by atomic mass is 10.1. The Morgan fingerprint density at radius 3 is 3.00 bits per heavy atom. The van der Waals surface area contributed by atoms with Gasteiger partial charge >= 0.3 is 6.09 Å². The van der Waals surface area contributed by atoms with Gasteiger partial charge in [0.25, 0.3) is 0 Å². The second-order valence-electron chi connectivity index (χ2n) is 7.14. The van der Waals surface area contributed by atoms with Crippen molar-refractivity contribution >= 4 is 6.09 Å². The molecule has 1 saturated heterocycles. The van der Waals surface area contributed by atoms with Crippen molar-refractivity contribution in [2.45, 2.75) is 25.5 Å². The lowest BCUT2D eigenvalue weighted by molar-refractivity contribution is 0.0827. The monoisotopic (exact) mass is 382 g/mol. The molecule has 0 radical (unpaired) electrons. The number of fused-ring (bicyclic) bond motifs is 1. The number of hydrogen-bond acceptors (Lipinski definition) is 5. The molecule has 6 heteroatoms. The lowest BCUT2D eigenvalue weighted by Crippen LogP contribution is -2.53. The second-order valence-corrected chi connectivity index (χ2v) is 7.14. The highest BCUT2D eigenvalue weighted by Crippen LogP contribution is 2.29. The van der Waals surface area contributed by atoms with Crippen LogP contribution in [-0.2, 0) is 17.8 Å². The molecule has 2 heterocycles. The quantitative estimate of drug-likeness (QED) is 0.832. The number of piperazine rings is 1. The topological polar surface area (TPSA) is 60.0 Å². The smallest absolute Gasteiger partial charge is 0.410 e. The maximum atomic E-state index is 12.4. The molecular weight excluding hydrogens is 356 g/mol. The molecule has 2 aromatic rings. The molecule has 1 fully saturated rings. The number of carbonyl (C=O) groups excluding carboxylic acids is 1. The molecule has 0 aromatic heterocycles. The van der Waals surface area contributed by atoms with Crippen molar-refractivity contribution in [3.05, 3.63) is 59.7 Å². The average Bonchev–Trinajstić information content (AvgIpc) is 3.21. The van der Waals surface area contributed by atoms with Crippen molar-refractivity contribution in [2.24, 2.45) is 0 Å². The fraction of sp³-hybridized carbons (Fsp3) is 0.409. The van der Waals surface area contributed by atoms with Crippen LogP contribution in [0.15, 0.2) is 48.5 Å². The normalized spacial score (nSPS) is 18.3. The summed E-state index contributed by atoms with van der Waals surface area (Å²) in [4.78, 5) is 14.1. The Balaban J connectivity index is 1.21. The minimum atomic E-state index is -0.255.